The van der Waals surface area contributed by atoms with Gasteiger partial charge in [-0.1, -0.05) is 23.1 Å². The van der Waals surface area contributed by atoms with Crippen LogP contribution in [0.4, 0.5) is 5.13 Å². The maximum Gasteiger partial charge on any atom is 0.350 e. The number of nitrogens with zero attached hydrogens (tertiary/aromatic N) is 5. The van der Waals surface area contributed by atoms with Gasteiger partial charge in [-0.15, -0.1) is 21.5 Å². The van der Waals surface area contributed by atoms with Crippen LogP contribution in [0.5, 0.6) is 0 Å². The molecule has 0 spiro atoms. The summed E-state index contributed by atoms with van der Waals surface area (Å²) in [7, 11) is 1.32. The molecular weight excluding hydrogens is 468 g/mol. The minimum Gasteiger partial charge on any atom is -0.465 e. The Hall–Kier alpha value is -2.57. The molecule has 1 amide bonds. The average molecular weight is 489 g/mol. The number of thiophene rings is 1. The van der Waals surface area contributed by atoms with Crippen LogP contribution in [-0.4, -0.2) is 49.3 Å². The molecule has 4 aromatic heterocycles. The number of carbonyl (C=O) groups excluding carboxylic acids is 2. The summed E-state index contributed by atoms with van der Waals surface area (Å²) in [5.41, 5.74) is 2.70. The second kappa shape index (κ2) is 8.41. The van der Waals surface area contributed by atoms with Gasteiger partial charge in [0.1, 0.15) is 15.5 Å². The van der Waals surface area contributed by atoms with Crippen molar-refractivity contribution in [3.63, 3.8) is 0 Å². The van der Waals surface area contributed by atoms with Crippen LogP contribution in [0.2, 0.25) is 0 Å². The Bertz CT molecular complexity index is 1370. The standard InChI is InChI=1S/C20H20N6O3S3/c1-9-15(18(28)29-3)32-19(21-9)23-13(27)8-30-20-25-24-16-14-11-6-4-5-7-12(11)31-17(14)22-10(2)26(16)20/h4-8H2,1-3H3,(H,21,23,27). The number of fused-ring (bicyclic) bond motifs is 5. The van der Waals surface area contributed by atoms with Gasteiger partial charge in [0.2, 0.25) is 5.91 Å². The van der Waals surface area contributed by atoms with E-state index < -0.39 is 5.97 Å². The fraction of sp³-hybridized carbons (Fsp3) is 0.400. The zero-order valence-corrected chi connectivity index (χ0v) is 20.2. The Morgan fingerprint density at radius 1 is 1.16 bits per heavy atom. The lowest BCUT2D eigenvalue weighted by molar-refractivity contribution is -0.113. The van der Waals surface area contributed by atoms with Crippen LogP contribution in [0.15, 0.2) is 5.16 Å². The van der Waals surface area contributed by atoms with Crippen molar-refractivity contribution in [3.8, 4) is 0 Å². The molecule has 0 unspecified atom stereocenters. The molecule has 166 valence electrons. The van der Waals surface area contributed by atoms with Gasteiger partial charge in [0.05, 0.1) is 23.9 Å². The highest BCUT2D eigenvalue weighted by molar-refractivity contribution is 7.99. The molecule has 0 radical (unpaired) electrons. The number of thioether (sulfide) groups is 1. The van der Waals surface area contributed by atoms with Crippen molar-refractivity contribution in [3.05, 3.63) is 26.8 Å². The lowest BCUT2D eigenvalue weighted by Crippen LogP contribution is -2.14. The molecule has 0 fully saturated rings. The topological polar surface area (TPSA) is 111 Å². The molecule has 0 aromatic carbocycles. The van der Waals surface area contributed by atoms with Crippen LogP contribution in [0.1, 0.15) is 44.5 Å². The summed E-state index contributed by atoms with van der Waals surface area (Å²) < 4.78 is 6.67. The normalized spacial score (nSPS) is 13.5. The fourth-order valence-electron chi connectivity index (χ4n) is 3.89. The number of esters is 1. The van der Waals surface area contributed by atoms with Gasteiger partial charge in [-0.25, -0.2) is 14.8 Å². The first kappa shape index (κ1) is 21.3. The molecule has 0 atom stereocenters. The third kappa shape index (κ3) is 3.65. The number of carbonyl (C=O) groups is 2. The molecule has 9 nitrogen and oxygen atoms in total. The van der Waals surface area contributed by atoms with E-state index in [0.29, 0.717) is 20.9 Å². The van der Waals surface area contributed by atoms with E-state index in [4.69, 9.17) is 9.72 Å². The number of thiazole rings is 1. The molecule has 32 heavy (non-hydrogen) atoms. The second-order valence-corrected chi connectivity index (χ2v) is 10.5. The lowest BCUT2D eigenvalue weighted by Gasteiger charge is -2.10. The SMILES string of the molecule is COC(=O)c1sc(NC(=O)CSc2nnc3c4c5c(sc4nc(C)n23)CCCC5)nc1C. The maximum atomic E-state index is 12.5. The van der Waals surface area contributed by atoms with Crippen LogP contribution in [0, 0.1) is 13.8 Å². The van der Waals surface area contributed by atoms with Crippen molar-refractivity contribution < 1.29 is 14.3 Å². The smallest absolute Gasteiger partial charge is 0.350 e. The van der Waals surface area contributed by atoms with Gasteiger partial charge in [-0.05, 0) is 45.1 Å². The first-order chi connectivity index (χ1) is 15.5. The number of methoxy groups -OCH3 is 1. The predicted octanol–water partition coefficient (Wildman–Crippen LogP) is 3.81. The Morgan fingerprint density at radius 2 is 1.97 bits per heavy atom. The van der Waals surface area contributed by atoms with Crippen molar-refractivity contribution in [2.24, 2.45) is 0 Å². The molecule has 0 bridgehead atoms. The van der Waals surface area contributed by atoms with Gasteiger partial charge < -0.3 is 10.1 Å². The van der Waals surface area contributed by atoms with Gasteiger partial charge in [0, 0.05) is 4.88 Å². The monoisotopic (exact) mass is 488 g/mol. The summed E-state index contributed by atoms with van der Waals surface area (Å²) in [5, 5.41) is 13.7. The van der Waals surface area contributed by atoms with Crippen molar-refractivity contribution in [2.75, 3.05) is 18.2 Å². The van der Waals surface area contributed by atoms with Crippen molar-refractivity contribution >= 4 is 67.3 Å². The summed E-state index contributed by atoms with van der Waals surface area (Å²) in [5.74, 6) is 0.232. The van der Waals surface area contributed by atoms with Gasteiger partial charge >= 0.3 is 5.97 Å². The summed E-state index contributed by atoms with van der Waals surface area (Å²) in [4.78, 5) is 36.1. The maximum absolute atomic E-state index is 12.5. The highest BCUT2D eigenvalue weighted by Gasteiger charge is 2.23. The number of hydrogen-bond donors (Lipinski definition) is 1. The Labute approximate surface area is 195 Å². The Kier molecular flexibility index (Phi) is 5.59. The molecular formula is C20H20N6O3S3. The average Bonchev–Trinajstić information content (AvgIpc) is 3.46. The van der Waals surface area contributed by atoms with E-state index in [0.717, 1.165) is 45.9 Å². The number of rotatable bonds is 5. The van der Waals surface area contributed by atoms with E-state index in [1.54, 1.807) is 18.3 Å². The first-order valence-corrected chi connectivity index (χ1v) is 12.7. The van der Waals surface area contributed by atoms with E-state index in [2.05, 4.69) is 20.5 Å². The third-order valence-corrected chi connectivity index (χ3v) is 8.51. The number of aryl methyl sites for hydroxylation is 4. The van der Waals surface area contributed by atoms with E-state index in [9.17, 15) is 9.59 Å². The van der Waals surface area contributed by atoms with Crippen LogP contribution >= 0.6 is 34.4 Å². The molecule has 4 aromatic rings. The largest absolute Gasteiger partial charge is 0.465 e. The molecule has 4 heterocycles. The van der Waals surface area contributed by atoms with Crippen molar-refractivity contribution in [1.82, 2.24) is 24.6 Å². The minimum atomic E-state index is -0.463. The number of nitrogens with one attached hydrogen (secondary N) is 1. The number of ether oxygens (including phenoxy) is 1. The molecule has 12 heteroatoms. The van der Waals surface area contributed by atoms with Crippen LogP contribution < -0.4 is 5.32 Å². The number of anilines is 1. The van der Waals surface area contributed by atoms with Crippen LogP contribution in [-0.2, 0) is 22.4 Å². The van der Waals surface area contributed by atoms with Crippen molar-refractivity contribution in [2.45, 2.75) is 44.7 Å². The molecule has 0 saturated heterocycles. The molecule has 1 aliphatic rings. The molecule has 1 N–H and O–H groups in total. The molecule has 0 saturated carbocycles. The van der Waals surface area contributed by atoms with E-state index in [1.807, 2.05) is 11.3 Å². The van der Waals surface area contributed by atoms with E-state index in [1.165, 1.54) is 42.2 Å². The molecule has 1 aliphatic carbocycles. The fourth-order valence-corrected chi connectivity index (χ4v) is 6.87. The number of amides is 1. The zero-order chi connectivity index (χ0) is 22.4. The highest BCUT2D eigenvalue weighted by atomic mass is 32.2. The Morgan fingerprint density at radius 3 is 2.78 bits per heavy atom. The predicted molar refractivity (Wildman–Crippen MR) is 125 cm³/mol. The molecule has 0 aliphatic heterocycles. The second-order valence-electron chi connectivity index (χ2n) is 7.45. The van der Waals surface area contributed by atoms with Gasteiger partial charge in [0.15, 0.2) is 15.9 Å². The van der Waals surface area contributed by atoms with Gasteiger partial charge in [0.25, 0.3) is 0 Å². The molecule has 5 rings (SSSR count). The van der Waals surface area contributed by atoms with Crippen molar-refractivity contribution in [1.29, 1.82) is 0 Å². The zero-order valence-electron chi connectivity index (χ0n) is 17.7. The lowest BCUT2D eigenvalue weighted by atomic mass is 9.97. The van der Waals surface area contributed by atoms with Gasteiger partial charge in [-0.3, -0.25) is 9.20 Å². The highest BCUT2D eigenvalue weighted by Crippen LogP contribution is 2.38. The summed E-state index contributed by atoms with van der Waals surface area (Å²) in [6.07, 6.45) is 4.56. The van der Waals surface area contributed by atoms with Crippen LogP contribution in [0.25, 0.3) is 15.9 Å². The van der Waals surface area contributed by atoms with Crippen LogP contribution in [0.3, 0.4) is 0 Å². The van der Waals surface area contributed by atoms with E-state index >= 15 is 0 Å². The minimum absolute atomic E-state index is 0.131. The van der Waals surface area contributed by atoms with Gasteiger partial charge in [-0.2, -0.15) is 0 Å². The number of aromatic nitrogens is 5. The summed E-state index contributed by atoms with van der Waals surface area (Å²) >= 11 is 4.15. The Balaban J connectivity index is 1.37. The summed E-state index contributed by atoms with van der Waals surface area (Å²) in [6.45, 7) is 3.64. The van der Waals surface area contributed by atoms with E-state index in [-0.39, 0.29) is 11.7 Å². The first-order valence-electron chi connectivity index (χ1n) is 10.1. The third-order valence-electron chi connectivity index (χ3n) is 5.34. The quantitative estimate of drug-likeness (QED) is 0.333. The number of hydrogen-bond acceptors (Lipinski definition) is 10. The summed E-state index contributed by atoms with van der Waals surface area (Å²) in [6, 6.07) is 0.